The number of benzene rings is 4. The molecule has 1 heterocycles. The minimum atomic E-state index is -4.50. The summed E-state index contributed by atoms with van der Waals surface area (Å²) in [6.07, 6.45) is -4.50. The normalized spacial score (nSPS) is 11.6. The first-order valence-electron chi connectivity index (χ1n) is 11.5. The second-order valence-electron chi connectivity index (χ2n) is 8.41. The zero-order chi connectivity index (χ0) is 26.7. The highest BCUT2D eigenvalue weighted by Crippen LogP contribution is 2.32. The second kappa shape index (κ2) is 11.0. The maximum Gasteiger partial charge on any atom is 0.416 e. The van der Waals surface area contributed by atoms with Gasteiger partial charge in [0.15, 0.2) is 11.0 Å². The molecule has 1 amide bonds. The van der Waals surface area contributed by atoms with Gasteiger partial charge in [-0.1, -0.05) is 82.3 Å². The van der Waals surface area contributed by atoms with Crippen LogP contribution in [0.1, 0.15) is 27.3 Å². The van der Waals surface area contributed by atoms with Gasteiger partial charge in [0.05, 0.1) is 17.8 Å². The van der Waals surface area contributed by atoms with Gasteiger partial charge in [0.1, 0.15) is 0 Å². The number of hydrogen-bond donors (Lipinski definition) is 1. The van der Waals surface area contributed by atoms with Crippen molar-refractivity contribution in [2.45, 2.75) is 23.6 Å². The fourth-order valence-electron chi connectivity index (χ4n) is 4.00. The van der Waals surface area contributed by atoms with Gasteiger partial charge in [-0.2, -0.15) is 13.2 Å². The lowest BCUT2D eigenvalue weighted by Gasteiger charge is -2.14. The van der Waals surface area contributed by atoms with Gasteiger partial charge in [0.2, 0.25) is 0 Å². The highest BCUT2D eigenvalue weighted by Gasteiger charge is 2.31. The Bertz CT molecular complexity index is 1600. The molecule has 5 rings (SSSR count). The molecule has 0 saturated heterocycles. The van der Waals surface area contributed by atoms with Crippen molar-refractivity contribution in [2.24, 2.45) is 0 Å². The van der Waals surface area contributed by atoms with Crippen molar-refractivity contribution in [3.63, 3.8) is 0 Å². The van der Waals surface area contributed by atoms with Crippen LogP contribution in [0, 0.1) is 0 Å². The van der Waals surface area contributed by atoms with Gasteiger partial charge >= 0.3 is 6.18 Å². The van der Waals surface area contributed by atoms with E-state index in [0.717, 1.165) is 32.9 Å². The molecular formula is C28H20BrF3N4OS. The SMILES string of the molecule is O=C(NCc1nnc(SCc2ccc(Br)cc2)n1-c1cccc(C(F)(F)F)c1)c1cccc2ccccc12. The molecule has 192 valence electrons. The summed E-state index contributed by atoms with van der Waals surface area (Å²) in [5.41, 5.74) is 0.997. The van der Waals surface area contributed by atoms with Crippen molar-refractivity contribution < 1.29 is 18.0 Å². The molecular weight excluding hydrogens is 577 g/mol. The third-order valence-corrected chi connectivity index (χ3v) is 7.38. The van der Waals surface area contributed by atoms with Crippen LogP contribution in [0.3, 0.4) is 0 Å². The van der Waals surface area contributed by atoms with E-state index in [1.54, 1.807) is 22.8 Å². The van der Waals surface area contributed by atoms with Crippen LogP contribution in [0.15, 0.2) is 101 Å². The number of alkyl halides is 3. The molecule has 0 unspecified atom stereocenters. The summed E-state index contributed by atoms with van der Waals surface area (Å²) >= 11 is 4.76. The van der Waals surface area contributed by atoms with Crippen molar-refractivity contribution in [3.8, 4) is 5.69 Å². The number of carbonyl (C=O) groups is 1. The third-order valence-electron chi connectivity index (χ3n) is 5.85. The number of aromatic nitrogens is 3. The molecule has 0 aliphatic rings. The largest absolute Gasteiger partial charge is 0.416 e. The Morgan fingerprint density at radius 3 is 2.45 bits per heavy atom. The zero-order valence-electron chi connectivity index (χ0n) is 19.7. The minimum absolute atomic E-state index is 0.0237. The van der Waals surface area contributed by atoms with Crippen LogP contribution in [-0.2, 0) is 18.5 Å². The number of nitrogens with zero attached hydrogens (tertiary/aromatic N) is 3. The minimum Gasteiger partial charge on any atom is -0.345 e. The van der Waals surface area contributed by atoms with Crippen molar-refractivity contribution in [1.82, 2.24) is 20.1 Å². The maximum absolute atomic E-state index is 13.5. The molecule has 10 heteroatoms. The Morgan fingerprint density at radius 1 is 0.921 bits per heavy atom. The molecule has 0 aliphatic carbocycles. The fourth-order valence-corrected chi connectivity index (χ4v) is 5.19. The monoisotopic (exact) mass is 596 g/mol. The average molecular weight is 597 g/mol. The number of amides is 1. The summed E-state index contributed by atoms with van der Waals surface area (Å²) in [6.45, 7) is -0.0237. The van der Waals surface area contributed by atoms with Gasteiger partial charge in [-0.3, -0.25) is 9.36 Å². The lowest BCUT2D eigenvalue weighted by atomic mass is 10.0. The Morgan fingerprint density at radius 2 is 1.66 bits per heavy atom. The number of thioether (sulfide) groups is 1. The quantitative estimate of drug-likeness (QED) is 0.199. The summed E-state index contributed by atoms with van der Waals surface area (Å²) in [7, 11) is 0. The van der Waals surface area contributed by atoms with Gasteiger partial charge < -0.3 is 5.32 Å². The topological polar surface area (TPSA) is 59.8 Å². The first-order chi connectivity index (χ1) is 18.3. The van der Waals surface area contributed by atoms with E-state index >= 15 is 0 Å². The van der Waals surface area contributed by atoms with Gasteiger partial charge in [-0.15, -0.1) is 10.2 Å². The highest BCUT2D eigenvalue weighted by atomic mass is 79.9. The molecule has 0 radical (unpaired) electrons. The van der Waals surface area contributed by atoms with Crippen molar-refractivity contribution >= 4 is 44.4 Å². The third kappa shape index (κ3) is 5.76. The van der Waals surface area contributed by atoms with Crippen molar-refractivity contribution in [2.75, 3.05) is 0 Å². The molecule has 38 heavy (non-hydrogen) atoms. The predicted octanol–water partition coefficient (Wildman–Crippen LogP) is 7.42. The molecule has 0 saturated carbocycles. The van der Waals surface area contributed by atoms with E-state index < -0.39 is 11.7 Å². The molecule has 0 spiro atoms. The van der Waals surface area contributed by atoms with E-state index in [4.69, 9.17) is 0 Å². The summed E-state index contributed by atoms with van der Waals surface area (Å²) in [5, 5.41) is 13.5. The first kappa shape index (κ1) is 26.0. The maximum atomic E-state index is 13.5. The van der Waals surface area contributed by atoms with Crippen LogP contribution in [0.25, 0.3) is 16.5 Å². The van der Waals surface area contributed by atoms with Crippen LogP contribution in [-0.4, -0.2) is 20.7 Å². The van der Waals surface area contributed by atoms with Crippen LogP contribution in [0.2, 0.25) is 0 Å². The van der Waals surface area contributed by atoms with Crippen LogP contribution < -0.4 is 5.32 Å². The van der Waals surface area contributed by atoms with Crippen molar-refractivity contribution in [1.29, 1.82) is 0 Å². The van der Waals surface area contributed by atoms with Crippen molar-refractivity contribution in [3.05, 3.63) is 118 Å². The number of carbonyl (C=O) groups excluding carboxylic acids is 1. The number of hydrogen-bond acceptors (Lipinski definition) is 4. The number of halogens is 4. The molecule has 5 nitrogen and oxygen atoms in total. The van der Waals surface area contributed by atoms with E-state index in [2.05, 4.69) is 31.4 Å². The molecule has 4 aromatic carbocycles. The fraction of sp³-hybridized carbons (Fsp3) is 0.107. The lowest BCUT2D eigenvalue weighted by Crippen LogP contribution is -2.25. The van der Waals surface area contributed by atoms with Crippen LogP contribution >= 0.6 is 27.7 Å². The Hall–Kier alpha value is -3.63. The smallest absolute Gasteiger partial charge is 0.345 e. The lowest BCUT2D eigenvalue weighted by molar-refractivity contribution is -0.137. The molecule has 0 atom stereocenters. The summed E-state index contributed by atoms with van der Waals surface area (Å²) in [6, 6.07) is 25.7. The van der Waals surface area contributed by atoms with Gasteiger partial charge in [0.25, 0.3) is 5.91 Å². The predicted molar refractivity (Wildman–Crippen MR) is 145 cm³/mol. The molecule has 0 bridgehead atoms. The van der Waals surface area contributed by atoms with Gasteiger partial charge in [-0.25, -0.2) is 0 Å². The second-order valence-corrected chi connectivity index (χ2v) is 10.3. The molecule has 1 aromatic heterocycles. The standard InChI is InChI=1S/C28H20BrF3N4OS/c29-21-13-11-18(12-14-21)17-38-27-35-34-25(36(27)22-8-4-7-20(15-22)28(30,31)32)16-33-26(37)24-10-3-6-19-5-1-2-9-23(19)24/h1-15H,16-17H2,(H,33,37). The molecule has 0 fully saturated rings. The Kier molecular flexibility index (Phi) is 7.53. The Labute approximate surface area is 229 Å². The molecule has 1 N–H and O–H groups in total. The van der Waals surface area contributed by atoms with Gasteiger partial charge in [-0.05, 0) is 52.7 Å². The highest BCUT2D eigenvalue weighted by molar-refractivity contribution is 9.10. The molecule has 0 aliphatic heterocycles. The zero-order valence-corrected chi connectivity index (χ0v) is 22.1. The van der Waals surface area contributed by atoms with Crippen LogP contribution in [0.5, 0.6) is 0 Å². The average Bonchev–Trinajstić information content (AvgIpc) is 3.33. The summed E-state index contributed by atoms with van der Waals surface area (Å²) in [5.74, 6) is 0.535. The number of fused-ring (bicyclic) bond motifs is 1. The van der Waals surface area contributed by atoms with E-state index in [-0.39, 0.29) is 18.1 Å². The number of nitrogens with one attached hydrogen (secondary N) is 1. The Balaban J connectivity index is 1.45. The van der Waals surface area contributed by atoms with Crippen LogP contribution in [0.4, 0.5) is 13.2 Å². The first-order valence-corrected chi connectivity index (χ1v) is 13.3. The van der Waals surface area contributed by atoms with E-state index in [0.29, 0.717) is 22.3 Å². The van der Waals surface area contributed by atoms with E-state index in [1.165, 1.54) is 17.8 Å². The summed E-state index contributed by atoms with van der Waals surface area (Å²) < 4.78 is 42.9. The van der Waals surface area contributed by atoms with E-state index in [9.17, 15) is 18.0 Å². The number of rotatable bonds is 7. The van der Waals surface area contributed by atoms with E-state index in [1.807, 2.05) is 54.6 Å². The summed E-state index contributed by atoms with van der Waals surface area (Å²) in [4.78, 5) is 13.1. The molecule has 5 aromatic rings. The van der Waals surface area contributed by atoms with Gasteiger partial charge in [0, 0.05) is 15.8 Å².